The summed E-state index contributed by atoms with van der Waals surface area (Å²) in [6.45, 7) is 0.680. The summed E-state index contributed by atoms with van der Waals surface area (Å²) in [4.78, 5) is 0. The van der Waals surface area contributed by atoms with Crippen molar-refractivity contribution in [2.75, 3.05) is 21.0 Å². The second-order valence-corrected chi connectivity index (χ2v) is 5.04. The number of halogens is 1. The number of rotatable bonds is 6. The van der Waals surface area contributed by atoms with Crippen LogP contribution in [-0.2, 0) is 16.2 Å². The van der Waals surface area contributed by atoms with Crippen LogP contribution in [-0.4, -0.2) is 30.8 Å². The molecule has 1 aromatic carbocycles. The molecule has 0 fully saturated rings. The van der Waals surface area contributed by atoms with Gasteiger partial charge in [0.2, 0.25) is 0 Å². The van der Waals surface area contributed by atoms with E-state index >= 15 is 0 Å². The van der Waals surface area contributed by atoms with Crippen molar-refractivity contribution in [3.8, 4) is 16.9 Å². The van der Waals surface area contributed by atoms with E-state index in [0.717, 1.165) is 20.4 Å². The van der Waals surface area contributed by atoms with Crippen LogP contribution in [0.1, 0.15) is 0 Å². The second kappa shape index (κ2) is 6.88. The van der Waals surface area contributed by atoms with Gasteiger partial charge in [0.1, 0.15) is 12.5 Å². The molecule has 6 heteroatoms. The Balaban J connectivity index is 2.23. The van der Waals surface area contributed by atoms with Crippen molar-refractivity contribution in [3.05, 3.63) is 34.2 Å². The van der Waals surface area contributed by atoms with Crippen LogP contribution in [0.15, 0.2) is 30.6 Å². The molecule has 0 aliphatic carbocycles. The molecule has 102 valence electrons. The van der Waals surface area contributed by atoms with Crippen molar-refractivity contribution < 1.29 is 14.2 Å². The zero-order chi connectivity index (χ0) is 13.7. The van der Waals surface area contributed by atoms with Crippen molar-refractivity contribution in [2.45, 2.75) is 6.73 Å². The Kier molecular flexibility index (Phi) is 5.17. The van der Waals surface area contributed by atoms with Gasteiger partial charge in [0.15, 0.2) is 6.79 Å². The Labute approximate surface area is 125 Å². The first-order valence-corrected chi connectivity index (χ1v) is 6.75. The Bertz CT molecular complexity index is 542. The summed E-state index contributed by atoms with van der Waals surface area (Å²) in [6, 6.07) is 6.03. The summed E-state index contributed by atoms with van der Waals surface area (Å²) < 4.78 is 18.3. The minimum atomic E-state index is 0.238. The van der Waals surface area contributed by atoms with Crippen LogP contribution in [0.3, 0.4) is 0 Å². The molecule has 0 atom stereocenters. The highest BCUT2D eigenvalue weighted by Crippen LogP contribution is 2.28. The van der Waals surface area contributed by atoms with Crippen molar-refractivity contribution in [3.63, 3.8) is 0 Å². The molecule has 5 nitrogen and oxygen atoms in total. The third-order valence-electron chi connectivity index (χ3n) is 2.49. The molecule has 0 saturated heterocycles. The Morgan fingerprint density at radius 2 is 2.05 bits per heavy atom. The van der Waals surface area contributed by atoms with E-state index < -0.39 is 0 Å². The number of benzene rings is 1. The van der Waals surface area contributed by atoms with E-state index in [0.29, 0.717) is 6.73 Å². The van der Waals surface area contributed by atoms with Crippen LogP contribution in [0.5, 0.6) is 5.75 Å². The lowest BCUT2D eigenvalue weighted by Crippen LogP contribution is -2.00. The predicted molar refractivity (Wildman–Crippen MR) is 79.9 cm³/mol. The highest BCUT2D eigenvalue weighted by Gasteiger charge is 2.06. The van der Waals surface area contributed by atoms with Gasteiger partial charge in [-0.25, -0.2) is 4.68 Å². The summed E-state index contributed by atoms with van der Waals surface area (Å²) in [5, 5.41) is 4.22. The maximum absolute atomic E-state index is 5.52. The number of methoxy groups -OCH3 is 2. The third-order valence-corrected chi connectivity index (χ3v) is 3.38. The predicted octanol–water partition coefficient (Wildman–Crippen LogP) is 2.74. The van der Waals surface area contributed by atoms with E-state index in [1.807, 2.05) is 24.4 Å². The van der Waals surface area contributed by atoms with Gasteiger partial charge in [-0.05, 0) is 40.3 Å². The maximum atomic E-state index is 5.52. The maximum Gasteiger partial charge on any atom is 0.188 e. The van der Waals surface area contributed by atoms with E-state index in [1.54, 1.807) is 25.1 Å². The van der Waals surface area contributed by atoms with Gasteiger partial charge < -0.3 is 14.2 Å². The highest BCUT2D eigenvalue weighted by atomic mass is 127. The Morgan fingerprint density at radius 3 is 2.79 bits per heavy atom. The average molecular weight is 374 g/mol. The molecule has 0 aliphatic rings. The molecule has 0 radical (unpaired) electrons. The smallest absolute Gasteiger partial charge is 0.188 e. The van der Waals surface area contributed by atoms with E-state index in [-0.39, 0.29) is 6.79 Å². The lowest BCUT2D eigenvalue weighted by Gasteiger charge is -2.08. The molecular formula is C13H15IN2O3. The third kappa shape index (κ3) is 3.68. The summed E-state index contributed by atoms with van der Waals surface area (Å²) in [5.41, 5.74) is 2.07. The van der Waals surface area contributed by atoms with Gasteiger partial charge in [0.05, 0.1) is 9.77 Å². The molecule has 0 N–H and O–H groups in total. The molecule has 1 heterocycles. The number of nitrogens with zero attached hydrogens (tertiary/aromatic N) is 2. The van der Waals surface area contributed by atoms with Crippen LogP contribution < -0.4 is 4.74 Å². The first kappa shape index (κ1) is 14.3. The van der Waals surface area contributed by atoms with E-state index in [2.05, 4.69) is 27.7 Å². The van der Waals surface area contributed by atoms with Gasteiger partial charge in [0, 0.05) is 26.0 Å². The SMILES string of the molecule is COCOc1cc(-c2cnn(COC)c2)ccc1I. The molecule has 19 heavy (non-hydrogen) atoms. The topological polar surface area (TPSA) is 45.5 Å². The first-order chi connectivity index (χ1) is 9.24. The summed E-state index contributed by atoms with van der Waals surface area (Å²) in [5.74, 6) is 0.805. The van der Waals surface area contributed by atoms with Crippen molar-refractivity contribution in [1.29, 1.82) is 0 Å². The number of aromatic nitrogens is 2. The Morgan fingerprint density at radius 1 is 1.21 bits per heavy atom. The molecule has 0 spiro atoms. The zero-order valence-electron chi connectivity index (χ0n) is 10.8. The van der Waals surface area contributed by atoms with E-state index in [1.165, 1.54) is 0 Å². The largest absolute Gasteiger partial charge is 0.466 e. The van der Waals surface area contributed by atoms with Gasteiger partial charge in [0.25, 0.3) is 0 Å². The molecule has 0 aliphatic heterocycles. The minimum Gasteiger partial charge on any atom is -0.466 e. The summed E-state index contributed by atoms with van der Waals surface area (Å²) in [7, 11) is 3.24. The van der Waals surface area contributed by atoms with E-state index in [4.69, 9.17) is 14.2 Å². The van der Waals surface area contributed by atoms with Crippen molar-refractivity contribution in [2.24, 2.45) is 0 Å². The van der Waals surface area contributed by atoms with Crippen LogP contribution in [0, 0.1) is 3.57 Å². The monoisotopic (exact) mass is 374 g/mol. The van der Waals surface area contributed by atoms with Crippen LogP contribution in [0.4, 0.5) is 0 Å². The normalized spacial score (nSPS) is 10.7. The molecule has 2 rings (SSSR count). The molecule has 0 unspecified atom stereocenters. The standard InChI is InChI=1S/C13H15IN2O3/c1-17-8-16-7-11(6-15-16)10-3-4-12(14)13(5-10)19-9-18-2/h3-7H,8-9H2,1-2H3. The zero-order valence-corrected chi connectivity index (χ0v) is 13.0. The number of hydrogen-bond donors (Lipinski definition) is 0. The average Bonchev–Trinajstić information content (AvgIpc) is 2.87. The van der Waals surface area contributed by atoms with Gasteiger partial charge >= 0.3 is 0 Å². The number of hydrogen-bond acceptors (Lipinski definition) is 4. The fourth-order valence-electron chi connectivity index (χ4n) is 1.63. The summed E-state index contributed by atoms with van der Waals surface area (Å²) >= 11 is 2.23. The van der Waals surface area contributed by atoms with Crippen molar-refractivity contribution in [1.82, 2.24) is 9.78 Å². The second-order valence-electron chi connectivity index (χ2n) is 3.88. The molecule has 0 bridgehead atoms. The van der Waals surface area contributed by atoms with Gasteiger partial charge in [-0.1, -0.05) is 6.07 Å². The van der Waals surface area contributed by atoms with Gasteiger partial charge in [-0.2, -0.15) is 5.10 Å². The van der Waals surface area contributed by atoms with Gasteiger partial charge in [-0.3, -0.25) is 0 Å². The highest BCUT2D eigenvalue weighted by molar-refractivity contribution is 14.1. The van der Waals surface area contributed by atoms with Crippen LogP contribution in [0.25, 0.3) is 11.1 Å². The quantitative estimate of drug-likeness (QED) is 0.576. The fourth-order valence-corrected chi connectivity index (χ4v) is 2.12. The molecular weight excluding hydrogens is 359 g/mol. The lowest BCUT2D eigenvalue weighted by atomic mass is 10.1. The molecule has 0 saturated carbocycles. The van der Waals surface area contributed by atoms with E-state index in [9.17, 15) is 0 Å². The molecule has 0 amide bonds. The lowest BCUT2D eigenvalue weighted by molar-refractivity contribution is 0.0505. The minimum absolute atomic E-state index is 0.238. The van der Waals surface area contributed by atoms with Crippen molar-refractivity contribution >= 4 is 22.6 Å². The molecule has 2 aromatic rings. The van der Waals surface area contributed by atoms with Crippen LogP contribution in [0.2, 0.25) is 0 Å². The summed E-state index contributed by atoms with van der Waals surface area (Å²) in [6.07, 6.45) is 3.74. The van der Waals surface area contributed by atoms with Gasteiger partial charge in [-0.15, -0.1) is 0 Å². The number of ether oxygens (including phenoxy) is 3. The molecule has 1 aromatic heterocycles. The van der Waals surface area contributed by atoms with Crippen LogP contribution >= 0.6 is 22.6 Å². The fraction of sp³-hybridized carbons (Fsp3) is 0.308. The Hall–Kier alpha value is -1.12. The first-order valence-electron chi connectivity index (χ1n) is 5.67.